The summed E-state index contributed by atoms with van der Waals surface area (Å²) in [5.74, 6) is 0. The van der Waals surface area contributed by atoms with E-state index in [1.165, 1.54) is 36.4 Å². The van der Waals surface area contributed by atoms with Gasteiger partial charge in [0.2, 0.25) is 19.7 Å². The molecule has 9 rings (SSSR count). The lowest BCUT2D eigenvalue weighted by Gasteiger charge is -2.15. The topological polar surface area (TPSA) is 109 Å². The molecule has 2 N–H and O–H groups in total. The van der Waals surface area contributed by atoms with Gasteiger partial charge in [0.15, 0.2) is 0 Å². The van der Waals surface area contributed by atoms with Crippen molar-refractivity contribution in [2.24, 2.45) is 0 Å². The summed E-state index contributed by atoms with van der Waals surface area (Å²) in [7, 11) is -9.02. The SMILES string of the molecule is Cc1cccc(-c2cc(-c3cccc(C)c3)cc(S(=O)(=O)c3cc(-c4cccc(C)c4)cc(-c4cccc(C)c4)c3)c2)c1.Cc1cccc(B(O)O)c1.O=S(=O)(c1cc(Cl)cc(Cl)c1)c1cc(Cl)cc(Cl)c1. The monoisotopic (exact) mass is 1070 g/mol. The van der Waals surface area contributed by atoms with Crippen molar-refractivity contribution in [2.45, 2.75) is 54.2 Å². The van der Waals surface area contributed by atoms with Crippen LogP contribution in [0.3, 0.4) is 0 Å². The largest absolute Gasteiger partial charge is 0.488 e. The van der Waals surface area contributed by atoms with Crippen LogP contribution in [0.4, 0.5) is 0 Å². The highest BCUT2D eigenvalue weighted by atomic mass is 35.5. The van der Waals surface area contributed by atoms with E-state index < -0.39 is 26.8 Å². The Bertz CT molecular complexity index is 3300. The van der Waals surface area contributed by atoms with E-state index in [1.54, 1.807) is 18.2 Å². The molecule has 72 heavy (non-hydrogen) atoms. The molecule has 13 heteroatoms. The maximum Gasteiger partial charge on any atom is 0.488 e. The average Bonchev–Trinajstić information content (AvgIpc) is 3.33. The fraction of sp³-hybridized carbons (Fsp3) is 0.0847. The van der Waals surface area contributed by atoms with Gasteiger partial charge in [0.1, 0.15) is 0 Å². The third-order valence-corrected chi connectivity index (χ3v) is 15.8. The van der Waals surface area contributed by atoms with Gasteiger partial charge < -0.3 is 10.0 Å². The molecule has 9 aromatic rings. The first-order valence-electron chi connectivity index (χ1n) is 22.6. The zero-order valence-corrected chi connectivity index (χ0v) is 44.6. The van der Waals surface area contributed by atoms with Gasteiger partial charge >= 0.3 is 7.12 Å². The van der Waals surface area contributed by atoms with Crippen molar-refractivity contribution in [3.63, 3.8) is 0 Å². The maximum absolute atomic E-state index is 14.6. The highest BCUT2D eigenvalue weighted by molar-refractivity contribution is 7.91. The van der Waals surface area contributed by atoms with Crippen molar-refractivity contribution in [3.8, 4) is 44.5 Å². The van der Waals surface area contributed by atoms with Crippen LogP contribution in [0.5, 0.6) is 0 Å². The molecule has 0 saturated carbocycles. The molecule has 0 saturated heterocycles. The fourth-order valence-corrected chi connectivity index (χ4v) is 12.1. The third kappa shape index (κ3) is 13.7. The third-order valence-electron chi connectivity index (χ3n) is 11.5. The maximum atomic E-state index is 14.6. The molecule has 364 valence electrons. The van der Waals surface area contributed by atoms with E-state index in [0.717, 1.165) is 72.3 Å². The Labute approximate surface area is 443 Å². The molecule has 9 aromatic carbocycles. The molecule has 0 fully saturated rings. The van der Waals surface area contributed by atoms with E-state index in [9.17, 15) is 16.8 Å². The number of hydrogen-bond acceptors (Lipinski definition) is 6. The molecular weight excluding hydrogens is 1020 g/mol. The van der Waals surface area contributed by atoms with E-state index >= 15 is 0 Å². The summed E-state index contributed by atoms with van der Waals surface area (Å²) in [5.41, 5.74) is 13.5. The van der Waals surface area contributed by atoms with Crippen LogP contribution >= 0.6 is 46.4 Å². The van der Waals surface area contributed by atoms with Gasteiger partial charge in [-0.15, -0.1) is 0 Å². The predicted octanol–water partition coefficient (Wildman–Crippen LogP) is 15.2. The van der Waals surface area contributed by atoms with Crippen LogP contribution in [0.25, 0.3) is 44.5 Å². The fourth-order valence-electron chi connectivity index (χ4n) is 7.94. The Morgan fingerprint density at radius 1 is 0.306 bits per heavy atom. The molecule has 0 unspecified atom stereocenters. The minimum Gasteiger partial charge on any atom is -0.423 e. The zero-order valence-electron chi connectivity index (χ0n) is 39.9. The van der Waals surface area contributed by atoms with Crippen LogP contribution in [-0.4, -0.2) is 34.0 Å². The summed E-state index contributed by atoms with van der Waals surface area (Å²) in [6.07, 6.45) is 0. The van der Waals surface area contributed by atoms with Gasteiger partial charge in [-0.3, -0.25) is 0 Å². The number of benzene rings is 9. The number of rotatable bonds is 9. The summed E-state index contributed by atoms with van der Waals surface area (Å²) in [5, 5.41) is 18.3. The summed E-state index contributed by atoms with van der Waals surface area (Å²) in [4.78, 5) is 0.533. The molecule has 0 aliphatic heterocycles. The first-order valence-corrected chi connectivity index (χ1v) is 27.1. The quantitative estimate of drug-likeness (QED) is 0.139. The average molecular weight is 1070 g/mol. The van der Waals surface area contributed by atoms with Gasteiger partial charge in [-0.25, -0.2) is 16.8 Å². The molecule has 0 aromatic heterocycles. The normalized spacial score (nSPS) is 11.2. The molecule has 6 nitrogen and oxygen atoms in total. The van der Waals surface area contributed by atoms with E-state index in [4.69, 9.17) is 56.5 Å². The molecule has 0 heterocycles. The molecule has 0 amide bonds. The van der Waals surface area contributed by atoms with Gasteiger partial charge in [-0.2, -0.15) is 0 Å². The molecular formula is C59H49BCl4O6S2. The second kappa shape index (κ2) is 23.3. The van der Waals surface area contributed by atoms with Crippen LogP contribution in [-0.2, 0) is 19.7 Å². The van der Waals surface area contributed by atoms with Gasteiger partial charge in [0.05, 0.1) is 19.6 Å². The standard InChI is InChI=1S/C40H34O2S.C12H6Cl4O2S.C7H9BO2/c1-27-9-5-13-31(17-27)35-21-36(32-14-6-10-28(2)18-32)24-39(23-35)43(41,42)40-25-37(33-15-7-11-29(3)19-33)22-38(26-40)34-16-8-12-30(4)20-34;13-7-1-8(14)4-11(3-7)19(17,18)12-5-9(15)2-10(16)6-12;1-6-3-2-4-7(5-6)8(9)10/h5-26H,1-4H3;1-6H;2-5,9-10H,1H3. The van der Waals surface area contributed by atoms with Gasteiger partial charge in [-0.05, 0) is 157 Å². The van der Waals surface area contributed by atoms with Crippen molar-refractivity contribution in [1.29, 1.82) is 0 Å². The predicted molar refractivity (Wildman–Crippen MR) is 298 cm³/mol. The Morgan fingerprint density at radius 3 is 0.792 bits per heavy atom. The van der Waals surface area contributed by atoms with Gasteiger partial charge in [0, 0.05) is 20.1 Å². The van der Waals surface area contributed by atoms with Crippen LogP contribution in [0.1, 0.15) is 27.8 Å². The van der Waals surface area contributed by atoms with Gasteiger partial charge in [0.25, 0.3) is 0 Å². The highest BCUT2D eigenvalue weighted by Crippen LogP contribution is 2.37. The molecule has 0 spiro atoms. The van der Waals surface area contributed by atoms with E-state index in [0.29, 0.717) is 5.46 Å². The van der Waals surface area contributed by atoms with Crippen molar-refractivity contribution in [1.82, 2.24) is 0 Å². The number of sulfone groups is 2. The highest BCUT2D eigenvalue weighted by Gasteiger charge is 2.23. The van der Waals surface area contributed by atoms with Crippen LogP contribution < -0.4 is 5.46 Å². The Hall–Kier alpha value is -5.98. The molecule has 0 aliphatic carbocycles. The number of aryl methyl sites for hydroxylation is 5. The second-order valence-electron chi connectivity index (χ2n) is 17.5. The Kier molecular flexibility index (Phi) is 17.4. The van der Waals surface area contributed by atoms with E-state index in [1.807, 2.05) is 85.8 Å². The second-order valence-corrected chi connectivity index (χ2v) is 23.1. The van der Waals surface area contributed by atoms with E-state index in [2.05, 4.69) is 88.4 Å². The molecule has 0 atom stereocenters. The van der Waals surface area contributed by atoms with Crippen LogP contribution in [0, 0.1) is 34.6 Å². The summed E-state index contributed by atoms with van der Waals surface area (Å²) in [6, 6.07) is 59.5. The Balaban J connectivity index is 0.000000214. The Morgan fingerprint density at radius 2 is 0.556 bits per heavy atom. The van der Waals surface area contributed by atoms with Crippen molar-refractivity contribution >= 4 is 78.7 Å². The summed E-state index contributed by atoms with van der Waals surface area (Å²) >= 11 is 23.2. The van der Waals surface area contributed by atoms with Crippen molar-refractivity contribution in [2.75, 3.05) is 0 Å². The molecule has 0 aliphatic rings. The lowest BCUT2D eigenvalue weighted by molar-refractivity contribution is 0.425. The van der Waals surface area contributed by atoms with Gasteiger partial charge in [-0.1, -0.05) is 196 Å². The lowest BCUT2D eigenvalue weighted by atomic mass is 9.80. The summed E-state index contributed by atoms with van der Waals surface area (Å²) < 4.78 is 54.1. The first kappa shape index (κ1) is 53.8. The van der Waals surface area contributed by atoms with Crippen molar-refractivity contribution < 1.29 is 26.9 Å². The minimum atomic E-state index is -3.90. The van der Waals surface area contributed by atoms with Crippen LogP contribution in [0.2, 0.25) is 20.1 Å². The van der Waals surface area contributed by atoms with E-state index in [-0.39, 0.29) is 39.7 Å². The summed E-state index contributed by atoms with van der Waals surface area (Å²) in [6.45, 7) is 10.1. The minimum absolute atomic E-state index is 0.0108. The zero-order chi connectivity index (χ0) is 51.9. The molecule has 0 radical (unpaired) electrons. The lowest BCUT2D eigenvalue weighted by Crippen LogP contribution is -2.29. The number of hydrogen-bond donors (Lipinski definition) is 2. The van der Waals surface area contributed by atoms with Crippen LogP contribution in [0.15, 0.2) is 214 Å². The number of halogens is 4. The smallest absolute Gasteiger partial charge is 0.423 e. The first-order chi connectivity index (χ1) is 34.1. The molecule has 0 bridgehead atoms. The van der Waals surface area contributed by atoms with Crippen molar-refractivity contribution in [3.05, 3.63) is 242 Å².